The summed E-state index contributed by atoms with van der Waals surface area (Å²) in [5, 5.41) is 14.5. The number of hydrogen-bond acceptors (Lipinski definition) is 6. The number of aliphatic hydroxyl groups excluding tert-OH is 1. The molecule has 1 aromatic carbocycles. The number of nitrogens with zero attached hydrogens (tertiary/aromatic N) is 3. The second kappa shape index (κ2) is 7.77. The fourth-order valence-electron chi connectivity index (χ4n) is 3.13. The van der Waals surface area contributed by atoms with Crippen LogP contribution in [0.4, 0.5) is 0 Å². The Hall–Kier alpha value is -1.90. The predicted molar refractivity (Wildman–Crippen MR) is 98.6 cm³/mol. The first-order valence-corrected chi connectivity index (χ1v) is 10.8. The smallest absolute Gasteiger partial charge is 0.150 e. The van der Waals surface area contributed by atoms with Gasteiger partial charge < -0.3 is 9.84 Å². The van der Waals surface area contributed by atoms with E-state index in [4.69, 9.17) is 4.74 Å². The van der Waals surface area contributed by atoms with Crippen LogP contribution in [0, 0.1) is 0 Å². The molecule has 142 valence electrons. The molecule has 1 aliphatic heterocycles. The zero-order valence-electron chi connectivity index (χ0n) is 15.1. The van der Waals surface area contributed by atoms with Crippen molar-refractivity contribution in [2.75, 3.05) is 25.2 Å². The number of aliphatic hydroxyl groups is 1. The Labute approximate surface area is 154 Å². The van der Waals surface area contributed by atoms with Crippen molar-refractivity contribution < 1.29 is 18.3 Å². The highest BCUT2D eigenvalue weighted by atomic mass is 32.2. The molecule has 1 aliphatic rings. The molecule has 26 heavy (non-hydrogen) atoms. The summed E-state index contributed by atoms with van der Waals surface area (Å²) in [5.74, 6) is 0.566. The Balaban J connectivity index is 1.64. The number of hydrogen-bond donors (Lipinski definition) is 1. The van der Waals surface area contributed by atoms with Gasteiger partial charge in [0.25, 0.3) is 0 Å². The third-order valence-electron chi connectivity index (χ3n) is 4.34. The number of benzene rings is 1. The molecule has 2 heterocycles. The molecule has 0 amide bonds. The molecule has 1 N–H and O–H groups in total. The van der Waals surface area contributed by atoms with E-state index in [9.17, 15) is 13.5 Å². The molecule has 0 aliphatic carbocycles. The van der Waals surface area contributed by atoms with Gasteiger partial charge >= 0.3 is 0 Å². The van der Waals surface area contributed by atoms with Crippen LogP contribution in [-0.4, -0.2) is 53.4 Å². The topological polar surface area (TPSA) is 84.7 Å². The molecule has 8 heteroatoms. The second-order valence-electron chi connectivity index (χ2n) is 6.68. The molecule has 3 rings (SSSR count). The van der Waals surface area contributed by atoms with E-state index in [0.29, 0.717) is 18.8 Å². The van der Waals surface area contributed by atoms with Gasteiger partial charge in [0.05, 0.1) is 30.3 Å². The highest BCUT2D eigenvalue weighted by Gasteiger charge is 2.23. The van der Waals surface area contributed by atoms with E-state index >= 15 is 0 Å². The Morgan fingerprint density at radius 1 is 1.27 bits per heavy atom. The van der Waals surface area contributed by atoms with Crippen molar-refractivity contribution in [3.05, 3.63) is 47.3 Å². The monoisotopic (exact) mass is 379 g/mol. The number of fused-ring (bicyclic) bond motifs is 1. The van der Waals surface area contributed by atoms with Crippen molar-refractivity contribution in [1.29, 1.82) is 0 Å². The first-order valence-electron chi connectivity index (χ1n) is 8.70. The minimum atomic E-state index is -3.25. The molecular formula is C18H25N3O4S. The largest absolute Gasteiger partial charge is 0.494 e. The van der Waals surface area contributed by atoms with Crippen molar-refractivity contribution >= 4 is 9.84 Å². The lowest BCUT2D eigenvalue weighted by molar-refractivity contribution is 0.191. The maximum atomic E-state index is 11.4. The summed E-state index contributed by atoms with van der Waals surface area (Å²) in [6.45, 7) is 5.72. The van der Waals surface area contributed by atoms with Crippen molar-refractivity contribution in [2.24, 2.45) is 0 Å². The molecule has 0 fully saturated rings. The summed E-state index contributed by atoms with van der Waals surface area (Å²) in [6, 6.07) is 9.90. The lowest BCUT2D eigenvalue weighted by Crippen LogP contribution is -2.33. The van der Waals surface area contributed by atoms with Crippen molar-refractivity contribution in [3.8, 4) is 5.75 Å². The van der Waals surface area contributed by atoms with Crippen LogP contribution in [0.3, 0.4) is 0 Å². The Morgan fingerprint density at radius 3 is 2.65 bits per heavy atom. The zero-order chi connectivity index (χ0) is 18.7. The lowest BCUT2D eigenvalue weighted by atomic mass is 10.2. The van der Waals surface area contributed by atoms with Crippen LogP contribution in [0.25, 0.3) is 0 Å². The van der Waals surface area contributed by atoms with E-state index < -0.39 is 15.9 Å². The molecule has 1 atom stereocenters. The third-order valence-corrected chi connectivity index (χ3v) is 5.26. The molecule has 0 radical (unpaired) electrons. The van der Waals surface area contributed by atoms with E-state index in [-0.39, 0.29) is 5.75 Å². The molecule has 7 nitrogen and oxygen atoms in total. The standard InChI is InChI=1S/C18H25N3O4S/c1-3-25-16-6-4-14(5-7-16)11-20-8-9-21-15(12-20)10-17(19-21)18(22)13-26(2,23)24/h4-7,10,18,22H,3,8-9,11-13H2,1-2H3/t18-/m1/s1. The molecule has 2 aromatic rings. The summed E-state index contributed by atoms with van der Waals surface area (Å²) >= 11 is 0. The first-order chi connectivity index (χ1) is 12.3. The quantitative estimate of drug-likeness (QED) is 0.782. The lowest BCUT2D eigenvalue weighted by Gasteiger charge is -2.27. The van der Waals surface area contributed by atoms with Gasteiger partial charge in [-0.1, -0.05) is 12.1 Å². The van der Waals surface area contributed by atoms with Gasteiger partial charge in [0.1, 0.15) is 21.7 Å². The van der Waals surface area contributed by atoms with Gasteiger partial charge in [-0.15, -0.1) is 0 Å². The van der Waals surface area contributed by atoms with Crippen LogP contribution in [0.5, 0.6) is 5.75 Å². The predicted octanol–water partition coefficient (Wildman–Crippen LogP) is 1.38. The van der Waals surface area contributed by atoms with E-state index in [1.807, 2.05) is 23.7 Å². The summed E-state index contributed by atoms with van der Waals surface area (Å²) in [7, 11) is -3.25. The average molecular weight is 379 g/mol. The summed E-state index contributed by atoms with van der Waals surface area (Å²) in [5.41, 5.74) is 2.62. The fourth-order valence-corrected chi connectivity index (χ4v) is 3.87. The van der Waals surface area contributed by atoms with Crippen molar-refractivity contribution in [3.63, 3.8) is 0 Å². The number of sulfone groups is 1. The molecule has 0 unspecified atom stereocenters. The van der Waals surface area contributed by atoms with Crippen LogP contribution in [0.1, 0.15) is 30.0 Å². The van der Waals surface area contributed by atoms with Gasteiger partial charge in [0.15, 0.2) is 0 Å². The van der Waals surface area contributed by atoms with Gasteiger partial charge in [0, 0.05) is 25.9 Å². The maximum Gasteiger partial charge on any atom is 0.150 e. The van der Waals surface area contributed by atoms with Crippen LogP contribution in [0.2, 0.25) is 0 Å². The minimum absolute atomic E-state index is 0.306. The van der Waals surface area contributed by atoms with E-state index in [1.54, 1.807) is 6.07 Å². The maximum absolute atomic E-state index is 11.4. The molecular weight excluding hydrogens is 354 g/mol. The third kappa shape index (κ3) is 4.84. The average Bonchev–Trinajstić information content (AvgIpc) is 2.99. The van der Waals surface area contributed by atoms with Gasteiger partial charge in [-0.2, -0.15) is 5.10 Å². The summed E-state index contributed by atoms with van der Waals surface area (Å²) in [4.78, 5) is 2.30. The van der Waals surface area contributed by atoms with Crippen LogP contribution in [0.15, 0.2) is 30.3 Å². The zero-order valence-corrected chi connectivity index (χ0v) is 15.9. The van der Waals surface area contributed by atoms with E-state index in [2.05, 4.69) is 22.1 Å². The highest BCUT2D eigenvalue weighted by Crippen LogP contribution is 2.21. The Morgan fingerprint density at radius 2 is 2.00 bits per heavy atom. The van der Waals surface area contributed by atoms with E-state index in [1.165, 1.54) is 5.56 Å². The normalized spacial score (nSPS) is 16.3. The Bertz CT molecular complexity index is 846. The summed E-state index contributed by atoms with van der Waals surface area (Å²) < 4.78 is 30.1. The molecule has 0 saturated carbocycles. The number of aromatic nitrogens is 2. The fraction of sp³-hybridized carbons (Fsp3) is 0.500. The highest BCUT2D eigenvalue weighted by molar-refractivity contribution is 7.90. The van der Waals surface area contributed by atoms with Gasteiger partial charge in [-0.3, -0.25) is 9.58 Å². The molecule has 0 spiro atoms. The molecule has 0 saturated heterocycles. The first kappa shape index (κ1) is 18.9. The van der Waals surface area contributed by atoms with Crippen molar-refractivity contribution in [1.82, 2.24) is 14.7 Å². The van der Waals surface area contributed by atoms with Crippen LogP contribution in [-0.2, 0) is 29.5 Å². The number of rotatable bonds is 7. The second-order valence-corrected chi connectivity index (χ2v) is 8.86. The molecule has 0 bridgehead atoms. The summed E-state index contributed by atoms with van der Waals surface area (Å²) in [6.07, 6.45) is 0.0350. The minimum Gasteiger partial charge on any atom is -0.494 e. The van der Waals surface area contributed by atoms with Crippen LogP contribution < -0.4 is 4.74 Å². The van der Waals surface area contributed by atoms with E-state index in [0.717, 1.165) is 37.3 Å². The van der Waals surface area contributed by atoms with Crippen molar-refractivity contribution in [2.45, 2.75) is 32.7 Å². The van der Waals surface area contributed by atoms with Crippen LogP contribution >= 0.6 is 0 Å². The van der Waals surface area contributed by atoms with Gasteiger partial charge in [0.2, 0.25) is 0 Å². The molecule has 1 aromatic heterocycles. The van der Waals surface area contributed by atoms with Gasteiger partial charge in [-0.05, 0) is 30.7 Å². The number of ether oxygens (including phenoxy) is 1. The Kier molecular flexibility index (Phi) is 5.64. The van der Waals surface area contributed by atoms with Gasteiger partial charge in [-0.25, -0.2) is 8.42 Å². The SMILES string of the molecule is CCOc1ccc(CN2CCn3nc([C@H](O)CS(C)(=O)=O)cc3C2)cc1.